The Labute approximate surface area is 100 Å². The Bertz CT molecular complexity index is 498. The first kappa shape index (κ1) is 11.5. The van der Waals surface area contributed by atoms with Crippen molar-refractivity contribution in [2.45, 2.75) is 26.8 Å². The van der Waals surface area contributed by atoms with Crippen molar-refractivity contribution in [3.05, 3.63) is 29.7 Å². The van der Waals surface area contributed by atoms with Crippen molar-refractivity contribution in [3.8, 4) is 0 Å². The molecule has 2 aromatic rings. The van der Waals surface area contributed by atoms with E-state index in [4.69, 9.17) is 0 Å². The molecule has 1 atom stereocenters. The van der Waals surface area contributed by atoms with Crippen molar-refractivity contribution in [2.75, 3.05) is 5.32 Å². The maximum Gasteiger partial charge on any atom is 0.154 e. The van der Waals surface area contributed by atoms with E-state index in [2.05, 4.69) is 25.5 Å². The van der Waals surface area contributed by atoms with E-state index >= 15 is 0 Å². The highest BCUT2D eigenvalue weighted by atomic mass is 15.3. The van der Waals surface area contributed by atoms with Gasteiger partial charge in [-0.3, -0.25) is 0 Å². The first-order valence-electron chi connectivity index (χ1n) is 5.49. The van der Waals surface area contributed by atoms with Gasteiger partial charge in [-0.1, -0.05) is 0 Å². The lowest BCUT2D eigenvalue weighted by Gasteiger charge is -2.14. The summed E-state index contributed by atoms with van der Waals surface area (Å²) in [5.41, 5.74) is 0.949. The molecule has 90 valence electrons. The molecule has 0 fully saturated rings. The molecule has 6 heteroatoms. The van der Waals surface area contributed by atoms with Crippen LogP contribution in [0.1, 0.15) is 30.3 Å². The minimum absolute atomic E-state index is 0.0520. The van der Waals surface area contributed by atoms with Crippen LogP contribution in [0.2, 0.25) is 0 Å². The second-order valence-corrected chi connectivity index (χ2v) is 4.11. The SMILES string of the molecule is Cc1cc(NC(C)c2nncn2C)nc(C)n1. The fourth-order valence-corrected chi connectivity index (χ4v) is 1.76. The molecule has 2 heterocycles. The van der Waals surface area contributed by atoms with Gasteiger partial charge in [0.05, 0.1) is 6.04 Å². The molecule has 0 radical (unpaired) electrons. The van der Waals surface area contributed by atoms with Gasteiger partial charge >= 0.3 is 0 Å². The molecule has 0 amide bonds. The second kappa shape index (κ2) is 4.48. The van der Waals surface area contributed by atoms with Gasteiger partial charge in [-0.15, -0.1) is 10.2 Å². The summed E-state index contributed by atoms with van der Waals surface area (Å²) in [6.07, 6.45) is 1.68. The van der Waals surface area contributed by atoms with Crippen LogP contribution in [0.3, 0.4) is 0 Å². The molecular weight excluding hydrogens is 216 g/mol. The lowest BCUT2D eigenvalue weighted by molar-refractivity contribution is 0.715. The molecule has 0 aliphatic carbocycles. The van der Waals surface area contributed by atoms with Gasteiger partial charge in [-0.05, 0) is 20.8 Å². The Morgan fingerprint density at radius 2 is 2.06 bits per heavy atom. The number of hydrogen-bond acceptors (Lipinski definition) is 5. The van der Waals surface area contributed by atoms with E-state index in [9.17, 15) is 0 Å². The lowest BCUT2D eigenvalue weighted by atomic mass is 10.3. The Morgan fingerprint density at radius 1 is 1.29 bits per heavy atom. The molecule has 0 spiro atoms. The van der Waals surface area contributed by atoms with Crippen molar-refractivity contribution >= 4 is 5.82 Å². The molecular formula is C11H16N6. The molecule has 0 aliphatic heterocycles. The van der Waals surface area contributed by atoms with Crippen LogP contribution < -0.4 is 5.32 Å². The third-order valence-electron chi connectivity index (χ3n) is 2.46. The molecule has 0 aliphatic rings. The van der Waals surface area contributed by atoms with Gasteiger partial charge in [0.2, 0.25) is 0 Å². The predicted molar refractivity (Wildman–Crippen MR) is 64.5 cm³/mol. The number of rotatable bonds is 3. The van der Waals surface area contributed by atoms with Crippen LogP contribution in [0.25, 0.3) is 0 Å². The van der Waals surface area contributed by atoms with Crippen LogP contribution >= 0.6 is 0 Å². The molecule has 1 unspecified atom stereocenters. The number of aryl methyl sites for hydroxylation is 3. The second-order valence-electron chi connectivity index (χ2n) is 4.11. The van der Waals surface area contributed by atoms with Crippen LogP contribution in [0.5, 0.6) is 0 Å². The number of anilines is 1. The molecule has 2 aromatic heterocycles. The zero-order valence-electron chi connectivity index (χ0n) is 10.5. The summed E-state index contributed by atoms with van der Waals surface area (Å²) < 4.78 is 1.89. The van der Waals surface area contributed by atoms with Gasteiger partial charge in [0.15, 0.2) is 5.82 Å². The van der Waals surface area contributed by atoms with Crippen molar-refractivity contribution in [3.63, 3.8) is 0 Å². The summed E-state index contributed by atoms with van der Waals surface area (Å²) >= 11 is 0. The highest BCUT2D eigenvalue weighted by molar-refractivity contribution is 5.37. The molecule has 0 saturated heterocycles. The van der Waals surface area contributed by atoms with E-state index < -0.39 is 0 Å². The summed E-state index contributed by atoms with van der Waals surface area (Å²) in [7, 11) is 1.92. The largest absolute Gasteiger partial charge is 0.360 e. The van der Waals surface area contributed by atoms with E-state index in [-0.39, 0.29) is 6.04 Å². The first-order chi connectivity index (χ1) is 8.06. The van der Waals surface area contributed by atoms with E-state index in [1.807, 2.05) is 38.5 Å². The van der Waals surface area contributed by atoms with Gasteiger partial charge in [0.25, 0.3) is 0 Å². The standard InChI is InChI=1S/C11H16N6/c1-7-5-10(15-9(3)13-7)14-8(2)11-16-12-6-17(11)4/h5-6,8H,1-4H3,(H,13,14,15). The fourth-order valence-electron chi connectivity index (χ4n) is 1.76. The fraction of sp³-hybridized carbons (Fsp3) is 0.455. The van der Waals surface area contributed by atoms with Gasteiger partial charge in [0.1, 0.15) is 18.0 Å². The molecule has 0 bridgehead atoms. The van der Waals surface area contributed by atoms with Gasteiger partial charge < -0.3 is 9.88 Å². The van der Waals surface area contributed by atoms with Crippen molar-refractivity contribution in [1.82, 2.24) is 24.7 Å². The van der Waals surface area contributed by atoms with Crippen LogP contribution in [-0.4, -0.2) is 24.7 Å². The zero-order chi connectivity index (χ0) is 12.4. The van der Waals surface area contributed by atoms with E-state index in [0.29, 0.717) is 0 Å². The number of aromatic nitrogens is 5. The average molecular weight is 232 g/mol. The Morgan fingerprint density at radius 3 is 2.65 bits per heavy atom. The van der Waals surface area contributed by atoms with Gasteiger partial charge in [-0.25, -0.2) is 9.97 Å². The highest BCUT2D eigenvalue weighted by Gasteiger charge is 2.11. The number of nitrogens with zero attached hydrogens (tertiary/aromatic N) is 5. The minimum Gasteiger partial charge on any atom is -0.360 e. The third-order valence-corrected chi connectivity index (χ3v) is 2.46. The van der Waals surface area contributed by atoms with Gasteiger partial charge in [0, 0.05) is 18.8 Å². The molecule has 0 aromatic carbocycles. The van der Waals surface area contributed by atoms with Crippen LogP contribution in [0, 0.1) is 13.8 Å². The van der Waals surface area contributed by atoms with E-state index in [1.165, 1.54) is 0 Å². The first-order valence-corrected chi connectivity index (χ1v) is 5.49. The van der Waals surface area contributed by atoms with Crippen LogP contribution in [0.4, 0.5) is 5.82 Å². The van der Waals surface area contributed by atoms with Gasteiger partial charge in [-0.2, -0.15) is 0 Å². The number of nitrogens with one attached hydrogen (secondary N) is 1. The summed E-state index contributed by atoms with van der Waals surface area (Å²) in [5, 5.41) is 11.2. The zero-order valence-corrected chi connectivity index (χ0v) is 10.5. The third kappa shape index (κ3) is 2.58. The molecule has 2 rings (SSSR count). The maximum absolute atomic E-state index is 4.33. The molecule has 17 heavy (non-hydrogen) atoms. The molecule has 1 N–H and O–H groups in total. The summed E-state index contributed by atoms with van der Waals surface area (Å²) in [6, 6.07) is 1.97. The molecule has 0 saturated carbocycles. The smallest absolute Gasteiger partial charge is 0.154 e. The average Bonchev–Trinajstić information content (AvgIpc) is 2.62. The van der Waals surface area contributed by atoms with Crippen molar-refractivity contribution in [2.24, 2.45) is 7.05 Å². The predicted octanol–water partition coefficient (Wildman–Crippen LogP) is 1.40. The van der Waals surface area contributed by atoms with Crippen LogP contribution in [-0.2, 0) is 7.05 Å². The summed E-state index contributed by atoms with van der Waals surface area (Å²) in [4.78, 5) is 8.57. The molecule has 6 nitrogen and oxygen atoms in total. The quantitative estimate of drug-likeness (QED) is 0.866. The number of hydrogen-bond donors (Lipinski definition) is 1. The van der Waals surface area contributed by atoms with Crippen molar-refractivity contribution in [1.29, 1.82) is 0 Å². The Hall–Kier alpha value is -1.98. The van der Waals surface area contributed by atoms with Crippen molar-refractivity contribution < 1.29 is 0 Å². The topological polar surface area (TPSA) is 68.5 Å². The van der Waals surface area contributed by atoms with E-state index in [0.717, 1.165) is 23.2 Å². The lowest BCUT2D eigenvalue weighted by Crippen LogP contribution is -2.13. The Kier molecular flexibility index (Phi) is 3.03. The maximum atomic E-state index is 4.33. The highest BCUT2D eigenvalue weighted by Crippen LogP contribution is 2.15. The summed E-state index contributed by atoms with van der Waals surface area (Å²) in [5.74, 6) is 2.45. The van der Waals surface area contributed by atoms with Crippen LogP contribution in [0.15, 0.2) is 12.4 Å². The van der Waals surface area contributed by atoms with E-state index in [1.54, 1.807) is 6.33 Å². The summed E-state index contributed by atoms with van der Waals surface area (Å²) in [6.45, 7) is 5.86. The minimum atomic E-state index is 0.0520. The Balaban J connectivity index is 2.18. The monoisotopic (exact) mass is 232 g/mol. The normalized spacial score (nSPS) is 12.5.